The molecule has 1 fully saturated rings. The van der Waals surface area contributed by atoms with E-state index in [1.807, 2.05) is 0 Å². The van der Waals surface area contributed by atoms with Crippen LogP contribution in [-0.4, -0.2) is 53.7 Å². The van der Waals surface area contributed by atoms with Gasteiger partial charge in [0.05, 0.1) is 5.56 Å². The minimum absolute atomic E-state index is 0.0400. The van der Waals surface area contributed by atoms with Gasteiger partial charge >= 0.3 is 0 Å². The molecule has 0 atom stereocenters. The Labute approximate surface area is 171 Å². The van der Waals surface area contributed by atoms with Gasteiger partial charge in [-0.1, -0.05) is 13.0 Å². The zero-order valence-electron chi connectivity index (χ0n) is 16.0. The van der Waals surface area contributed by atoms with Crippen molar-refractivity contribution in [1.82, 2.24) is 9.80 Å². The molecule has 1 saturated heterocycles. The van der Waals surface area contributed by atoms with E-state index in [4.69, 9.17) is 10.5 Å². The fraction of sp³-hybridized carbons (Fsp3) is 0.350. The monoisotopic (exact) mass is 419 g/mol. The first-order valence-corrected chi connectivity index (χ1v) is 10.1. The van der Waals surface area contributed by atoms with Gasteiger partial charge in [-0.3, -0.25) is 14.4 Å². The molecule has 2 N–H and O–H groups in total. The number of amides is 3. The molecule has 29 heavy (non-hydrogen) atoms. The van der Waals surface area contributed by atoms with E-state index < -0.39 is 17.6 Å². The molecule has 0 aliphatic carbocycles. The van der Waals surface area contributed by atoms with Crippen LogP contribution in [-0.2, 0) is 11.4 Å². The van der Waals surface area contributed by atoms with E-state index >= 15 is 0 Å². The summed E-state index contributed by atoms with van der Waals surface area (Å²) in [5.41, 5.74) is 5.85. The summed E-state index contributed by atoms with van der Waals surface area (Å²) in [6, 6.07) is 5.85. The lowest BCUT2D eigenvalue weighted by atomic mass is 10.1. The number of thiophene rings is 1. The second-order valence-corrected chi connectivity index (χ2v) is 7.52. The van der Waals surface area contributed by atoms with Crippen LogP contribution in [0.15, 0.2) is 29.6 Å². The van der Waals surface area contributed by atoms with Gasteiger partial charge in [-0.25, -0.2) is 4.39 Å². The summed E-state index contributed by atoms with van der Waals surface area (Å²) in [6.07, 6.45) is 0.423. The maximum Gasteiger partial charge on any atom is 0.262 e. The van der Waals surface area contributed by atoms with Crippen LogP contribution in [0.1, 0.15) is 38.9 Å². The first-order valence-electron chi connectivity index (χ1n) is 9.26. The van der Waals surface area contributed by atoms with Crippen molar-refractivity contribution in [3.8, 4) is 5.75 Å². The first-order chi connectivity index (χ1) is 13.9. The average molecular weight is 419 g/mol. The predicted octanol–water partition coefficient (Wildman–Crippen LogP) is 2.26. The lowest BCUT2D eigenvalue weighted by Crippen LogP contribution is -2.50. The Morgan fingerprint density at radius 3 is 2.48 bits per heavy atom. The van der Waals surface area contributed by atoms with Gasteiger partial charge in [-0.05, 0) is 29.1 Å². The fourth-order valence-electron chi connectivity index (χ4n) is 3.13. The molecule has 1 aromatic heterocycles. The second kappa shape index (κ2) is 9.04. The maximum absolute atomic E-state index is 14.3. The Morgan fingerprint density at radius 2 is 1.83 bits per heavy atom. The SMILES string of the molecule is CCC(=O)N1CCN(C(=O)c2cc(COc3ccsc3C(N)=O)ccc2F)CC1. The van der Waals surface area contributed by atoms with Gasteiger partial charge < -0.3 is 20.3 Å². The van der Waals surface area contributed by atoms with E-state index in [1.54, 1.807) is 28.2 Å². The van der Waals surface area contributed by atoms with E-state index in [1.165, 1.54) is 29.5 Å². The third kappa shape index (κ3) is 4.73. The van der Waals surface area contributed by atoms with Crippen LogP contribution in [0, 0.1) is 5.82 Å². The number of rotatable bonds is 6. The van der Waals surface area contributed by atoms with E-state index in [0.29, 0.717) is 48.8 Å². The van der Waals surface area contributed by atoms with E-state index in [-0.39, 0.29) is 18.1 Å². The quantitative estimate of drug-likeness (QED) is 0.777. The molecule has 2 heterocycles. The third-order valence-electron chi connectivity index (χ3n) is 4.73. The normalized spacial score (nSPS) is 14.0. The lowest BCUT2D eigenvalue weighted by Gasteiger charge is -2.34. The molecule has 7 nitrogen and oxygen atoms in total. The van der Waals surface area contributed by atoms with Gasteiger partial charge in [0.2, 0.25) is 5.91 Å². The lowest BCUT2D eigenvalue weighted by molar-refractivity contribution is -0.132. The van der Waals surface area contributed by atoms with Crippen molar-refractivity contribution in [2.45, 2.75) is 20.0 Å². The summed E-state index contributed by atoms with van der Waals surface area (Å²) >= 11 is 1.18. The number of carbonyl (C=O) groups is 3. The summed E-state index contributed by atoms with van der Waals surface area (Å²) in [5, 5.41) is 1.69. The van der Waals surface area contributed by atoms with Crippen molar-refractivity contribution in [2.24, 2.45) is 5.73 Å². The van der Waals surface area contributed by atoms with Gasteiger partial charge in [0.25, 0.3) is 11.8 Å². The zero-order valence-corrected chi connectivity index (χ0v) is 16.8. The van der Waals surface area contributed by atoms with E-state index in [0.717, 1.165) is 0 Å². The number of benzene rings is 1. The largest absolute Gasteiger partial charge is 0.487 e. The van der Waals surface area contributed by atoms with Crippen LogP contribution in [0.3, 0.4) is 0 Å². The molecule has 0 spiro atoms. The molecule has 1 aliphatic rings. The van der Waals surface area contributed by atoms with Crippen LogP contribution in [0.4, 0.5) is 4.39 Å². The number of piperazine rings is 1. The van der Waals surface area contributed by atoms with Gasteiger partial charge in [0, 0.05) is 32.6 Å². The molecular weight excluding hydrogens is 397 g/mol. The van der Waals surface area contributed by atoms with Gasteiger partial charge in [-0.15, -0.1) is 11.3 Å². The molecule has 3 rings (SSSR count). The summed E-state index contributed by atoms with van der Waals surface area (Å²) in [5.74, 6) is -1.20. The number of nitrogens with zero attached hydrogens (tertiary/aromatic N) is 2. The number of nitrogens with two attached hydrogens (primary N) is 1. The van der Waals surface area contributed by atoms with Crippen molar-refractivity contribution in [3.05, 3.63) is 51.5 Å². The molecule has 0 bridgehead atoms. The number of hydrogen-bond donors (Lipinski definition) is 1. The minimum atomic E-state index is -0.612. The predicted molar refractivity (Wildman–Crippen MR) is 106 cm³/mol. The summed E-state index contributed by atoms with van der Waals surface area (Å²) < 4.78 is 19.9. The molecule has 1 aromatic carbocycles. The van der Waals surface area contributed by atoms with E-state index in [2.05, 4.69) is 0 Å². The number of halogens is 1. The Hall–Kier alpha value is -2.94. The molecule has 2 aromatic rings. The zero-order chi connectivity index (χ0) is 21.0. The van der Waals surface area contributed by atoms with Crippen molar-refractivity contribution in [3.63, 3.8) is 0 Å². The topological polar surface area (TPSA) is 92.9 Å². The number of ether oxygens (including phenoxy) is 1. The van der Waals surface area contributed by atoms with Crippen molar-refractivity contribution >= 4 is 29.1 Å². The second-order valence-electron chi connectivity index (χ2n) is 6.61. The van der Waals surface area contributed by atoms with E-state index in [9.17, 15) is 18.8 Å². The Kier molecular flexibility index (Phi) is 6.48. The molecule has 0 saturated carbocycles. The standard InChI is InChI=1S/C20H22FN3O4S/c1-2-17(25)23-6-8-24(9-7-23)20(27)14-11-13(3-4-15(14)21)12-28-16-5-10-29-18(16)19(22)26/h3-5,10-11H,2,6-9,12H2,1H3,(H2,22,26). The Balaban J connectivity index is 1.67. The van der Waals surface area contributed by atoms with Crippen LogP contribution < -0.4 is 10.5 Å². The molecule has 0 unspecified atom stereocenters. The smallest absolute Gasteiger partial charge is 0.262 e. The summed E-state index contributed by atoms with van der Waals surface area (Å²) in [6.45, 7) is 3.47. The average Bonchev–Trinajstić information content (AvgIpc) is 3.21. The summed E-state index contributed by atoms with van der Waals surface area (Å²) in [7, 11) is 0. The van der Waals surface area contributed by atoms with Crippen LogP contribution in [0.25, 0.3) is 0 Å². The molecule has 0 radical (unpaired) electrons. The van der Waals surface area contributed by atoms with Gasteiger partial charge in [-0.2, -0.15) is 0 Å². The molecular formula is C20H22FN3O4S. The highest BCUT2D eigenvalue weighted by atomic mass is 32.1. The highest BCUT2D eigenvalue weighted by Gasteiger charge is 2.26. The van der Waals surface area contributed by atoms with Crippen molar-refractivity contribution < 1.29 is 23.5 Å². The fourth-order valence-corrected chi connectivity index (χ4v) is 3.82. The van der Waals surface area contributed by atoms with Crippen LogP contribution in [0.5, 0.6) is 5.75 Å². The highest BCUT2D eigenvalue weighted by Crippen LogP contribution is 2.25. The summed E-state index contributed by atoms with van der Waals surface area (Å²) in [4.78, 5) is 39.5. The maximum atomic E-state index is 14.3. The number of primary amides is 1. The molecule has 9 heteroatoms. The Bertz CT molecular complexity index is 922. The van der Waals surface area contributed by atoms with Gasteiger partial charge in [0.1, 0.15) is 23.1 Å². The minimum Gasteiger partial charge on any atom is -0.487 e. The van der Waals surface area contributed by atoms with Crippen LogP contribution >= 0.6 is 11.3 Å². The molecule has 3 amide bonds. The highest BCUT2D eigenvalue weighted by molar-refractivity contribution is 7.12. The molecule has 154 valence electrons. The van der Waals surface area contributed by atoms with Crippen molar-refractivity contribution in [2.75, 3.05) is 26.2 Å². The number of hydrogen-bond acceptors (Lipinski definition) is 5. The number of carbonyl (C=O) groups excluding carboxylic acids is 3. The first kappa shape index (κ1) is 20.8. The molecule has 1 aliphatic heterocycles. The van der Waals surface area contributed by atoms with Gasteiger partial charge in [0.15, 0.2) is 0 Å². The van der Waals surface area contributed by atoms with Crippen LogP contribution in [0.2, 0.25) is 0 Å². The third-order valence-corrected chi connectivity index (χ3v) is 5.64. The Morgan fingerprint density at radius 1 is 1.14 bits per heavy atom. The van der Waals surface area contributed by atoms with Crippen molar-refractivity contribution in [1.29, 1.82) is 0 Å².